The van der Waals surface area contributed by atoms with Crippen molar-refractivity contribution in [3.63, 3.8) is 0 Å². The molecule has 3 rings (SSSR count). The van der Waals surface area contributed by atoms with Gasteiger partial charge < -0.3 is 5.43 Å². The normalized spacial score (nSPS) is 10.6. The molecule has 21 heavy (non-hydrogen) atoms. The van der Waals surface area contributed by atoms with Crippen molar-refractivity contribution in [2.75, 3.05) is 10.7 Å². The molecule has 8 heteroatoms. The highest BCUT2D eigenvalue weighted by molar-refractivity contribution is 9.11. The number of amides is 1. The lowest BCUT2D eigenvalue weighted by Crippen LogP contribution is -2.16. The molecule has 0 aliphatic carbocycles. The minimum absolute atomic E-state index is 0.271. The van der Waals surface area contributed by atoms with E-state index in [2.05, 4.69) is 36.6 Å². The Kier molecular flexibility index (Phi) is 3.82. The Labute approximate surface area is 132 Å². The molecule has 0 radical (unpaired) electrons. The first kappa shape index (κ1) is 13.9. The molecule has 0 bridgehead atoms. The number of benzene rings is 1. The van der Waals surface area contributed by atoms with E-state index in [4.69, 9.17) is 5.84 Å². The number of halogens is 1. The molecule has 106 valence electrons. The number of hydrogen-bond donors (Lipinski definition) is 3. The summed E-state index contributed by atoms with van der Waals surface area (Å²) in [5.74, 6) is 5.60. The summed E-state index contributed by atoms with van der Waals surface area (Å²) in [5.41, 5.74) is 2.79. The number of fused-ring (bicyclic) bond motifs is 1. The molecule has 2 aromatic heterocycles. The predicted octanol–water partition coefficient (Wildman–Crippen LogP) is 2.99. The van der Waals surface area contributed by atoms with Gasteiger partial charge in [0.1, 0.15) is 11.5 Å². The molecule has 0 aliphatic heterocycles. The van der Waals surface area contributed by atoms with Gasteiger partial charge in [0.05, 0.1) is 9.98 Å². The Bertz CT molecular complexity index is 819. The molecule has 1 aromatic carbocycles. The molecule has 6 nitrogen and oxygen atoms in total. The minimum Gasteiger partial charge on any atom is -0.308 e. The zero-order chi connectivity index (χ0) is 14.8. The lowest BCUT2D eigenvalue weighted by Gasteiger charge is -2.08. The topological polar surface area (TPSA) is 92.9 Å². The van der Waals surface area contributed by atoms with Gasteiger partial charge in [-0.1, -0.05) is 35.6 Å². The van der Waals surface area contributed by atoms with Gasteiger partial charge in [-0.25, -0.2) is 15.8 Å². The summed E-state index contributed by atoms with van der Waals surface area (Å²) >= 11 is 4.63. The van der Waals surface area contributed by atoms with Gasteiger partial charge in [0.25, 0.3) is 5.91 Å². The smallest absolute Gasteiger partial charge is 0.276 e. The monoisotopic (exact) mass is 363 g/mol. The highest BCUT2D eigenvalue weighted by atomic mass is 79.9. The number of hydrazine groups is 1. The molecule has 0 unspecified atom stereocenters. The third kappa shape index (κ3) is 2.87. The van der Waals surface area contributed by atoms with Gasteiger partial charge in [-0.3, -0.25) is 10.1 Å². The van der Waals surface area contributed by atoms with E-state index in [0.29, 0.717) is 10.9 Å². The van der Waals surface area contributed by atoms with Crippen molar-refractivity contribution in [1.29, 1.82) is 0 Å². The number of thiazole rings is 1. The summed E-state index contributed by atoms with van der Waals surface area (Å²) in [7, 11) is 0. The molecule has 0 fully saturated rings. The zero-order valence-corrected chi connectivity index (χ0v) is 13.0. The van der Waals surface area contributed by atoms with Gasteiger partial charge in [0, 0.05) is 5.39 Å². The van der Waals surface area contributed by atoms with Crippen LogP contribution in [0.3, 0.4) is 0 Å². The molecule has 0 atom stereocenters. The summed E-state index contributed by atoms with van der Waals surface area (Å²) in [6, 6.07) is 9.28. The molecule has 3 aromatic rings. The van der Waals surface area contributed by atoms with E-state index in [1.165, 1.54) is 11.3 Å². The van der Waals surface area contributed by atoms with Crippen molar-refractivity contribution in [3.8, 4) is 0 Å². The van der Waals surface area contributed by atoms with Crippen LogP contribution in [0.5, 0.6) is 0 Å². The fraction of sp³-hybridized carbons (Fsp3) is 0. The summed E-state index contributed by atoms with van der Waals surface area (Å²) < 4.78 is 0.841. The van der Waals surface area contributed by atoms with Gasteiger partial charge in [0.2, 0.25) is 0 Å². The fourth-order valence-corrected chi connectivity index (χ4v) is 3.00. The number of nitrogen functional groups attached to an aromatic ring is 1. The summed E-state index contributed by atoms with van der Waals surface area (Å²) in [4.78, 5) is 20.5. The van der Waals surface area contributed by atoms with E-state index in [1.54, 1.807) is 12.3 Å². The van der Waals surface area contributed by atoms with E-state index < -0.39 is 0 Å². The average Bonchev–Trinajstić information content (AvgIpc) is 2.91. The van der Waals surface area contributed by atoms with Gasteiger partial charge >= 0.3 is 0 Å². The number of anilines is 2. The van der Waals surface area contributed by atoms with E-state index in [1.807, 2.05) is 24.3 Å². The number of nitrogens with zero attached hydrogens (tertiary/aromatic N) is 2. The Balaban J connectivity index is 1.98. The molecule has 0 spiro atoms. The number of carbonyl (C=O) groups is 1. The molecule has 2 heterocycles. The second-order valence-electron chi connectivity index (χ2n) is 4.15. The maximum atomic E-state index is 12.2. The summed E-state index contributed by atoms with van der Waals surface area (Å²) in [5, 5.41) is 4.94. The van der Waals surface area contributed by atoms with Crippen LogP contribution in [-0.2, 0) is 0 Å². The van der Waals surface area contributed by atoms with Crippen LogP contribution >= 0.6 is 27.3 Å². The number of nitrogens with one attached hydrogen (secondary N) is 2. The Hall–Kier alpha value is -2.03. The molecular weight excluding hydrogens is 354 g/mol. The molecule has 0 saturated carbocycles. The number of pyridine rings is 1. The molecule has 0 aliphatic rings. The van der Waals surface area contributed by atoms with E-state index in [-0.39, 0.29) is 11.6 Å². The van der Waals surface area contributed by atoms with Crippen LogP contribution in [0.15, 0.2) is 40.3 Å². The summed E-state index contributed by atoms with van der Waals surface area (Å²) in [6.07, 6.45) is 1.63. The van der Waals surface area contributed by atoms with Gasteiger partial charge in [-0.15, -0.1) is 0 Å². The molecule has 0 saturated heterocycles. The van der Waals surface area contributed by atoms with Crippen LogP contribution in [0.2, 0.25) is 0 Å². The zero-order valence-electron chi connectivity index (χ0n) is 10.6. The minimum atomic E-state index is -0.334. The predicted molar refractivity (Wildman–Crippen MR) is 87.3 cm³/mol. The maximum absolute atomic E-state index is 12.2. The number of rotatable bonds is 3. The molecule has 4 N–H and O–H groups in total. The van der Waals surface area contributed by atoms with E-state index >= 15 is 0 Å². The van der Waals surface area contributed by atoms with Crippen molar-refractivity contribution in [2.45, 2.75) is 0 Å². The van der Waals surface area contributed by atoms with Crippen molar-refractivity contribution in [3.05, 3.63) is 46.0 Å². The van der Waals surface area contributed by atoms with Crippen LogP contribution in [0.25, 0.3) is 10.8 Å². The standard InChI is InChI=1S/C13H10BrN5OS/c14-10-6-16-13(21-10)18-12(20)9-5-7-3-1-2-4-8(7)11(17-9)19-15/h1-6H,15H2,(H,17,19)(H,16,18,20). The van der Waals surface area contributed by atoms with Crippen LogP contribution in [0.4, 0.5) is 10.9 Å². The largest absolute Gasteiger partial charge is 0.308 e. The quantitative estimate of drug-likeness (QED) is 0.491. The highest BCUT2D eigenvalue weighted by Gasteiger charge is 2.13. The van der Waals surface area contributed by atoms with Crippen molar-refractivity contribution in [1.82, 2.24) is 9.97 Å². The van der Waals surface area contributed by atoms with Crippen LogP contribution in [0.1, 0.15) is 10.5 Å². The fourth-order valence-electron chi connectivity index (χ4n) is 1.90. The maximum Gasteiger partial charge on any atom is 0.276 e. The number of aromatic nitrogens is 2. The van der Waals surface area contributed by atoms with Gasteiger partial charge in [-0.05, 0) is 27.4 Å². The molecular formula is C13H10BrN5OS. The first-order chi connectivity index (χ1) is 10.2. The van der Waals surface area contributed by atoms with Gasteiger partial charge in [0.15, 0.2) is 5.13 Å². The SMILES string of the molecule is NNc1nc(C(=O)Nc2ncc(Br)s2)cc2ccccc12. The van der Waals surface area contributed by atoms with Gasteiger partial charge in [-0.2, -0.15) is 0 Å². The Morgan fingerprint density at radius 1 is 1.33 bits per heavy atom. The van der Waals surface area contributed by atoms with E-state index in [9.17, 15) is 4.79 Å². The third-order valence-corrected chi connectivity index (χ3v) is 4.20. The Morgan fingerprint density at radius 2 is 2.14 bits per heavy atom. The Morgan fingerprint density at radius 3 is 2.86 bits per heavy atom. The first-order valence-electron chi connectivity index (χ1n) is 5.96. The lowest BCUT2D eigenvalue weighted by atomic mass is 10.1. The number of hydrogen-bond acceptors (Lipinski definition) is 6. The summed E-state index contributed by atoms with van der Waals surface area (Å²) in [6.45, 7) is 0. The van der Waals surface area contributed by atoms with Crippen molar-refractivity contribution >= 4 is 54.9 Å². The lowest BCUT2D eigenvalue weighted by molar-refractivity contribution is 0.102. The van der Waals surface area contributed by atoms with Crippen LogP contribution in [-0.4, -0.2) is 15.9 Å². The third-order valence-electron chi connectivity index (χ3n) is 2.81. The van der Waals surface area contributed by atoms with Crippen LogP contribution in [0, 0.1) is 0 Å². The molecule has 1 amide bonds. The number of nitrogens with two attached hydrogens (primary N) is 1. The van der Waals surface area contributed by atoms with Crippen molar-refractivity contribution in [2.24, 2.45) is 5.84 Å². The highest BCUT2D eigenvalue weighted by Crippen LogP contribution is 2.25. The first-order valence-corrected chi connectivity index (χ1v) is 7.57. The van der Waals surface area contributed by atoms with Crippen LogP contribution < -0.4 is 16.6 Å². The second-order valence-corrected chi connectivity index (χ2v) is 6.56. The second kappa shape index (κ2) is 5.76. The van der Waals surface area contributed by atoms with Crippen molar-refractivity contribution < 1.29 is 4.79 Å². The van der Waals surface area contributed by atoms with E-state index in [0.717, 1.165) is 14.6 Å². The average molecular weight is 364 g/mol. The number of carbonyl (C=O) groups excluding carboxylic acids is 1.